The molecule has 1 unspecified atom stereocenters. The normalized spacial score (nSPS) is 12.7. The van der Waals surface area contributed by atoms with E-state index in [4.69, 9.17) is 34.8 Å². The smallest absolute Gasteiger partial charge is 0.346 e. The number of halogens is 6. The minimum Gasteiger partial charge on any atom is -0.346 e. The Hall–Kier alpha value is -2.54. The third kappa shape index (κ3) is 6.73. The van der Waals surface area contributed by atoms with Crippen molar-refractivity contribution < 1.29 is 18.0 Å². The zero-order valence-corrected chi connectivity index (χ0v) is 19.5. The molecule has 1 amide bonds. The predicted octanol–water partition coefficient (Wildman–Crippen LogP) is 7.64. The molecule has 0 saturated heterocycles. The zero-order valence-electron chi connectivity index (χ0n) is 17.3. The lowest BCUT2D eigenvalue weighted by molar-refractivity contribution is -0.139. The second kappa shape index (κ2) is 10.6. The van der Waals surface area contributed by atoms with Crippen molar-refractivity contribution in [1.82, 2.24) is 10.3 Å². The molecule has 0 saturated carbocycles. The second-order valence-corrected chi connectivity index (χ2v) is 8.50. The molecule has 3 nitrogen and oxygen atoms in total. The quantitative estimate of drug-likeness (QED) is 0.344. The van der Waals surface area contributed by atoms with Gasteiger partial charge in [-0.05, 0) is 60.0 Å². The number of carbonyl (C=O) groups is 1. The number of nitrogens with zero attached hydrogens (tertiary/aromatic N) is 1. The number of carbonyl (C=O) groups excluding carboxylic acids is 1. The lowest BCUT2D eigenvalue weighted by atomic mass is 9.95. The lowest BCUT2D eigenvalue weighted by Gasteiger charge is -2.18. The van der Waals surface area contributed by atoms with E-state index in [1.165, 1.54) is 24.3 Å². The second-order valence-electron chi connectivity index (χ2n) is 7.24. The molecule has 3 rings (SSSR count). The van der Waals surface area contributed by atoms with Crippen LogP contribution in [0.5, 0.6) is 0 Å². The van der Waals surface area contributed by atoms with E-state index in [9.17, 15) is 18.0 Å². The fraction of sp³-hybridized carbons (Fsp3) is 0.167. The van der Waals surface area contributed by atoms with Gasteiger partial charge in [0.2, 0.25) is 0 Å². The van der Waals surface area contributed by atoms with Crippen molar-refractivity contribution in [3.63, 3.8) is 0 Å². The highest BCUT2D eigenvalue weighted by Crippen LogP contribution is 2.38. The van der Waals surface area contributed by atoms with Crippen molar-refractivity contribution >= 4 is 46.8 Å². The maximum atomic E-state index is 13.8. The molecule has 0 aliphatic rings. The zero-order chi connectivity index (χ0) is 24.2. The maximum Gasteiger partial charge on any atom is 0.399 e. The van der Waals surface area contributed by atoms with Crippen molar-refractivity contribution in [3.8, 4) is 0 Å². The van der Waals surface area contributed by atoms with E-state index in [0.29, 0.717) is 27.5 Å². The van der Waals surface area contributed by atoms with E-state index in [1.807, 2.05) is 0 Å². The third-order valence-corrected chi connectivity index (χ3v) is 5.53. The van der Waals surface area contributed by atoms with Crippen LogP contribution in [0.2, 0.25) is 15.2 Å². The van der Waals surface area contributed by atoms with Crippen LogP contribution in [0.4, 0.5) is 13.2 Å². The van der Waals surface area contributed by atoms with Crippen molar-refractivity contribution in [2.24, 2.45) is 0 Å². The van der Waals surface area contributed by atoms with E-state index in [-0.39, 0.29) is 28.1 Å². The minimum absolute atomic E-state index is 0.0724. The van der Waals surface area contributed by atoms with Gasteiger partial charge < -0.3 is 5.32 Å². The highest BCUT2D eigenvalue weighted by atomic mass is 35.5. The average Bonchev–Trinajstić information content (AvgIpc) is 2.72. The Balaban J connectivity index is 1.84. The van der Waals surface area contributed by atoms with Gasteiger partial charge in [-0.2, -0.15) is 13.2 Å². The highest BCUT2D eigenvalue weighted by Gasteiger charge is 2.39. The molecule has 0 aliphatic heterocycles. The van der Waals surface area contributed by atoms with Crippen LogP contribution in [0, 0.1) is 6.92 Å². The van der Waals surface area contributed by atoms with Crippen LogP contribution in [0.15, 0.2) is 60.7 Å². The Labute approximate surface area is 204 Å². The van der Waals surface area contributed by atoms with Gasteiger partial charge in [0.15, 0.2) is 0 Å². The highest BCUT2D eigenvalue weighted by molar-refractivity contribution is 6.34. The van der Waals surface area contributed by atoms with Crippen molar-refractivity contribution in [1.29, 1.82) is 0 Å². The van der Waals surface area contributed by atoms with Crippen LogP contribution in [0.3, 0.4) is 0 Å². The summed E-state index contributed by atoms with van der Waals surface area (Å²) < 4.78 is 41.3. The standard InChI is InChI=1S/C24H18Cl3F3N2O/c1-14-15(8-9-21(24(28,29)30)16-10-17(25)12-18(26)11-16)4-2-6-20(14)23(33)31-13-19-5-3-7-22(27)32-19/h2-12,21H,13H2,1H3,(H,31,33)/b9-8+. The van der Waals surface area contributed by atoms with Gasteiger partial charge in [0.05, 0.1) is 18.2 Å². The summed E-state index contributed by atoms with van der Waals surface area (Å²) >= 11 is 17.6. The maximum absolute atomic E-state index is 13.8. The number of hydrogen-bond acceptors (Lipinski definition) is 2. The summed E-state index contributed by atoms with van der Waals surface area (Å²) in [5.41, 5.74) is 1.87. The SMILES string of the molecule is Cc1c(/C=C/C(c2cc(Cl)cc(Cl)c2)C(F)(F)F)cccc1C(=O)NCc1cccc(Cl)n1. The lowest BCUT2D eigenvalue weighted by Crippen LogP contribution is -2.24. The van der Waals surface area contributed by atoms with Gasteiger partial charge in [-0.25, -0.2) is 4.98 Å². The molecule has 9 heteroatoms. The van der Waals surface area contributed by atoms with Gasteiger partial charge in [0, 0.05) is 15.6 Å². The van der Waals surface area contributed by atoms with Gasteiger partial charge in [-0.15, -0.1) is 0 Å². The first kappa shape index (κ1) is 25.1. The molecule has 0 aliphatic carbocycles. The van der Waals surface area contributed by atoms with E-state index >= 15 is 0 Å². The summed E-state index contributed by atoms with van der Waals surface area (Å²) in [6.45, 7) is 1.83. The molecule has 1 N–H and O–H groups in total. The average molecular weight is 514 g/mol. The van der Waals surface area contributed by atoms with Gasteiger partial charge in [0.25, 0.3) is 5.91 Å². The minimum atomic E-state index is -4.56. The van der Waals surface area contributed by atoms with Gasteiger partial charge in [-0.1, -0.05) is 65.2 Å². The molecule has 1 aromatic heterocycles. The molecule has 0 spiro atoms. The molecule has 172 valence electrons. The summed E-state index contributed by atoms with van der Waals surface area (Å²) in [4.78, 5) is 16.8. The van der Waals surface area contributed by atoms with E-state index < -0.39 is 12.1 Å². The number of amides is 1. The number of nitrogens with one attached hydrogen (secondary N) is 1. The van der Waals surface area contributed by atoms with Crippen LogP contribution >= 0.6 is 34.8 Å². The first-order valence-electron chi connectivity index (χ1n) is 9.75. The number of hydrogen-bond donors (Lipinski definition) is 1. The third-order valence-electron chi connectivity index (χ3n) is 4.89. The number of benzene rings is 2. The Morgan fingerprint density at radius 2 is 1.73 bits per heavy atom. The van der Waals surface area contributed by atoms with Crippen molar-refractivity contribution in [2.45, 2.75) is 25.6 Å². The van der Waals surface area contributed by atoms with Crippen LogP contribution in [-0.4, -0.2) is 17.1 Å². The Morgan fingerprint density at radius 3 is 2.36 bits per heavy atom. The molecule has 3 aromatic rings. The van der Waals surface area contributed by atoms with Crippen LogP contribution < -0.4 is 5.32 Å². The fourth-order valence-electron chi connectivity index (χ4n) is 3.26. The number of rotatable bonds is 6. The number of alkyl halides is 3. The monoisotopic (exact) mass is 512 g/mol. The first-order valence-corrected chi connectivity index (χ1v) is 10.9. The van der Waals surface area contributed by atoms with Gasteiger partial charge in [0.1, 0.15) is 5.15 Å². The molecule has 33 heavy (non-hydrogen) atoms. The van der Waals surface area contributed by atoms with Crippen LogP contribution in [-0.2, 0) is 6.54 Å². The summed E-state index contributed by atoms with van der Waals surface area (Å²) in [5, 5.41) is 3.28. The summed E-state index contributed by atoms with van der Waals surface area (Å²) in [6.07, 6.45) is -2.18. The molecular formula is C24H18Cl3F3N2O. The molecule has 2 aromatic carbocycles. The van der Waals surface area contributed by atoms with Crippen LogP contribution in [0.1, 0.15) is 38.7 Å². The van der Waals surface area contributed by atoms with Crippen LogP contribution in [0.25, 0.3) is 6.08 Å². The van der Waals surface area contributed by atoms with Crippen molar-refractivity contribution in [3.05, 3.63) is 104 Å². The molecular weight excluding hydrogens is 496 g/mol. The summed E-state index contributed by atoms with van der Waals surface area (Å²) in [7, 11) is 0. The Morgan fingerprint density at radius 1 is 1.06 bits per heavy atom. The number of allylic oxidation sites excluding steroid dienone is 1. The molecule has 1 heterocycles. The largest absolute Gasteiger partial charge is 0.399 e. The fourth-order valence-corrected chi connectivity index (χ4v) is 3.98. The number of aromatic nitrogens is 1. The van der Waals surface area contributed by atoms with E-state index in [0.717, 1.165) is 6.08 Å². The topological polar surface area (TPSA) is 42.0 Å². The molecule has 0 fully saturated rings. The van der Waals surface area contributed by atoms with Crippen molar-refractivity contribution in [2.75, 3.05) is 0 Å². The first-order chi connectivity index (χ1) is 15.5. The Bertz CT molecular complexity index is 1180. The van der Waals surface area contributed by atoms with E-state index in [2.05, 4.69) is 10.3 Å². The number of pyridine rings is 1. The molecule has 1 atom stereocenters. The predicted molar refractivity (Wildman–Crippen MR) is 126 cm³/mol. The van der Waals surface area contributed by atoms with Gasteiger partial charge >= 0.3 is 6.18 Å². The molecule has 0 radical (unpaired) electrons. The Kier molecular flexibility index (Phi) is 8.05. The molecule has 0 bridgehead atoms. The summed E-state index contributed by atoms with van der Waals surface area (Å²) in [6, 6.07) is 13.7. The van der Waals surface area contributed by atoms with Gasteiger partial charge in [-0.3, -0.25) is 4.79 Å². The van der Waals surface area contributed by atoms with E-state index in [1.54, 1.807) is 43.3 Å². The summed E-state index contributed by atoms with van der Waals surface area (Å²) in [5.74, 6) is -2.29.